The van der Waals surface area contributed by atoms with Gasteiger partial charge in [-0.05, 0) is 68.7 Å². The number of carbonyl (C=O) groups excluding carboxylic acids is 1. The number of rotatable bonds is 2. The molecule has 1 atom stereocenters. The molecule has 0 heterocycles. The molecule has 2 bridgehead atoms. The zero-order valence-electron chi connectivity index (χ0n) is 15.6. The number of allylic oxidation sites excluding steroid dienone is 6. The van der Waals surface area contributed by atoms with Crippen LogP contribution in [0.2, 0.25) is 0 Å². The van der Waals surface area contributed by atoms with Crippen molar-refractivity contribution >= 4 is 11.9 Å². The second kappa shape index (κ2) is 7.61. The summed E-state index contributed by atoms with van der Waals surface area (Å²) < 4.78 is 0. The highest BCUT2D eigenvalue weighted by atomic mass is 16.1. The number of aryl methyl sites for hydroxylation is 1. The summed E-state index contributed by atoms with van der Waals surface area (Å²) in [5.74, 6) is 0.691. The number of hydrogen-bond donors (Lipinski definition) is 0. The highest BCUT2D eigenvalue weighted by molar-refractivity contribution is 5.99. The standard InChI is InChI=1S/C23H28O/c1-15(2)21-9-10-22-14-20(13-18(5)23(22)19(6)24)11-16(3)7-8-17(4)12-21/h8-10,12-14,16H,1,7,11H2,2-6H3/b10-9-,17-8-,21-12-. The molecule has 126 valence electrons. The summed E-state index contributed by atoms with van der Waals surface area (Å²) in [4.78, 5) is 12.1. The maximum atomic E-state index is 12.1. The minimum Gasteiger partial charge on any atom is -0.294 e. The van der Waals surface area contributed by atoms with Crippen LogP contribution in [0.15, 0.2) is 53.7 Å². The lowest BCUT2D eigenvalue weighted by molar-refractivity contribution is 0.101. The van der Waals surface area contributed by atoms with Crippen molar-refractivity contribution in [3.05, 3.63) is 75.9 Å². The van der Waals surface area contributed by atoms with Gasteiger partial charge >= 0.3 is 0 Å². The van der Waals surface area contributed by atoms with Crippen molar-refractivity contribution in [2.24, 2.45) is 5.92 Å². The molecule has 1 unspecified atom stereocenters. The van der Waals surface area contributed by atoms with Gasteiger partial charge in [0, 0.05) is 5.56 Å². The van der Waals surface area contributed by atoms with Crippen LogP contribution in [0.25, 0.3) is 6.08 Å². The molecule has 1 aliphatic rings. The van der Waals surface area contributed by atoms with E-state index in [0.29, 0.717) is 5.92 Å². The van der Waals surface area contributed by atoms with Crippen LogP contribution in [0.4, 0.5) is 0 Å². The Morgan fingerprint density at radius 2 is 1.88 bits per heavy atom. The number of Topliss-reactive ketones (excluding diaryl/α,β-unsaturated/α-hetero) is 1. The van der Waals surface area contributed by atoms with E-state index in [2.05, 4.69) is 56.9 Å². The monoisotopic (exact) mass is 320 g/mol. The molecule has 0 saturated heterocycles. The van der Waals surface area contributed by atoms with Crippen molar-refractivity contribution in [1.29, 1.82) is 0 Å². The number of benzene rings is 1. The molecule has 1 aromatic rings. The van der Waals surface area contributed by atoms with Crippen molar-refractivity contribution in [3.8, 4) is 0 Å². The molecule has 24 heavy (non-hydrogen) atoms. The van der Waals surface area contributed by atoms with Gasteiger partial charge in [-0.3, -0.25) is 4.79 Å². The Balaban J connectivity index is 2.65. The predicted molar refractivity (Wildman–Crippen MR) is 104 cm³/mol. The van der Waals surface area contributed by atoms with Gasteiger partial charge in [-0.15, -0.1) is 0 Å². The van der Waals surface area contributed by atoms with E-state index < -0.39 is 0 Å². The lowest BCUT2D eigenvalue weighted by Gasteiger charge is -2.15. The summed E-state index contributed by atoms with van der Waals surface area (Å²) in [7, 11) is 0. The Morgan fingerprint density at radius 3 is 2.50 bits per heavy atom. The predicted octanol–water partition coefficient (Wildman–Crippen LogP) is 6.24. The van der Waals surface area contributed by atoms with Crippen LogP contribution in [0.5, 0.6) is 0 Å². The zero-order valence-corrected chi connectivity index (χ0v) is 15.6. The molecule has 0 N–H and O–H groups in total. The van der Waals surface area contributed by atoms with Crippen molar-refractivity contribution in [3.63, 3.8) is 0 Å². The second-order valence-electron chi connectivity index (χ2n) is 7.14. The molecular weight excluding hydrogens is 292 g/mol. The molecule has 0 spiro atoms. The fraction of sp³-hybridized carbons (Fsp3) is 0.348. The van der Waals surface area contributed by atoms with Gasteiger partial charge in [0.05, 0.1) is 0 Å². The first kappa shape index (κ1) is 18.2. The first-order valence-corrected chi connectivity index (χ1v) is 8.64. The lowest BCUT2D eigenvalue weighted by atomic mass is 9.89. The van der Waals surface area contributed by atoms with Gasteiger partial charge in [0.15, 0.2) is 5.78 Å². The smallest absolute Gasteiger partial charge is 0.160 e. The minimum absolute atomic E-state index is 0.121. The number of fused-ring (bicyclic) bond motifs is 2. The molecule has 0 radical (unpaired) electrons. The summed E-state index contributed by atoms with van der Waals surface area (Å²) >= 11 is 0. The minimum atomic E-state index is 0.121. The maximum Gasteiger partial charge on any atom is 0.160 e. The molecule has 0 saturated carbocycles. The van der Waals surface area contributed by atoms with E-state index in [1.54, 1.807) is 6.92 Å². The largest absolute Gasteiger partial charge is 0.294 e. The van der Waals surface area contributed by atoms with Crippen LogP contribution < -0.4 is 0 Å². The highest BCUT2D eigenvalue weighted by Gasteiger charge is 2.13. The van der Waals surface area contributed by atoms with E-state index in [9.17, 15) is 4.79 Å². The molecule has 0 fully saturated rings. The third-order valence-electron chi connectivity index (χ3n) is 4.52. The van der Waals surface area contributed by atoms with Crippen LogP contribution in [0.3, 0.4) is 0 Å². The van der Waals surface area contributed by atoms with Crippen molar-refractivity contribution < 1.29 is 4.79 Å². The van der Waals surface area contributed by atoms with E-state index >= 15 is 0 Å². The third-order valence-corrected chi connectivity index (χ3v) is 4.52. The molecule has 0 amide bonds. The fourth-order valence-electron chi connectivity index (χ4n) is 3.29. The van der Waals surface area contributed by atoms with Crippen LogP contribution >= 0.6 is 0 Å². The average Bonchev–Trinajstić information content (AvgIpc) is 2.47. The van der Waals surface area contributed by atoms with Gasteiger partial charge < -0.3 is 0 Å². The van der Waals surface area contributed by atoms with Crippen molar-refractivity contribution in [2.45, 2.75) is 47.5 Å². The Kier molecular flexibility index (Phi) is 5.77. The molecule has 1 aliphatic carbocycles. The van der Waals surface area contributed by atoms with E-state index in [4.69, 9.17) is 0 Å². The van der Waals surface area contributed by atoms with E-state index in [1.807, 2.05) is 13.8 Å². The molecule has 1 nitrogen and oxygen atoms in total. The van der Waals surface area contributed by atoms with E-state index in [-0.39, 0.29) is 5.78 Å². The normalized spacial score (nSPS) is 23.8. The van der Waals surface area contributed by atoms with Gasteiger partial charge in [0.25, 0.3) is 0 Å². The Labute approximate surface area is 146 Å². The SMILES string of the molecule is C=C(C)C1=C\C(C)=C/CC(C)Cc2cc(C)c(C(C)=O)c(c2)/C=C\1. The zero-order chi connectivity index (χ0) is 17.9. The van der Waals surface area contributed by atoms with Gasteiger partial charge in [0.1, 0.15) is 0 Å². The van der Waals surface area contributed by atoms with Crippen molar-refractivity contribution in [2.75, 3.05) is 0 Å². The molecule has 1 aromatic carbocycles. The molecular formula is C23H28O. The van der Waals surface area contributed by atoms with E-state index in [1.165, 1.54) is 11.1 Å². The second-order valence-corrected chi connectivity index (χ2v) is 7.14. The Morgan fingerprint density at radius 1 is 1.17 bits per heavy atom. The Bertz CT molecular complexity index is 756. The van der Waals surface area contributed by atoms with Crippen LogP contribution in [0.1, 0.15) is 61.2 Å². The molecule has 0 aliphatic heterocycles. The van der Waals surface area contributed by atoms with Crippen molar-refractivity contribution in [1.82, 2.24) is 0 Å². The maximum absolute atomic E-state index is 12.1. The topological polar surface area (TPSA) is 17.1 Å². The molecule has 2 rings (SSSR count). The van der Waals surface area contributed by atoms with Gasteiger partial charge in [-0.2, -0.15) is 0 Å². The van der Waals surface area contributed by atoms with E-state index in [0.717, 1.165) is 40.7 Å². The third kappa shape index (κ3) is 4.44. The number of ketones is 1. The fourth-order valence-corrected chi connectivity index (χ4v) is 3.29. The quantitative estimate of drug-likeness (QED) is 0.589. The Hall–Kier alpha value is -2.15. The first-order valence-electron chi connectivity index (χ1n) is 8.64. The summed E-state index contributed by atoms with van der Waals surface area (Å²) in [6, 6.07) is 4.34. The molecule has 1 heteroatoms. The summed E-state index contributed by atoms with van der Waals surface area (Å²) in [6.45, 7) is 14.2. The lowest BCUT2D eigenvalue weighted by Crippen LogP contribution is -2.05. The summed E-state index contributed by atoms with van der Waals surface area (Å²) in [5.41, 5.74) is 7.60. The summed E-state index contributed by atoms with van der Waals surface area (Å²) in [6.07, 6.45) is 10.7. The number of hydrogen-bond acceptors (Lipinski definition) is 1. The van der Waals surface area contributed by atoms with Crippen LogP contribution in [0, 0.1) is 12.8 Å². The van der Waals surface area contributed by atoms with Crippen LogP contribution in [-0.4, -0.2) is 5.78 Å². The first-order chi connectivity index (χ1) is 11.3. The highest BCUT2D eigenvalue weighted by Crippen LogP contribution is 2.25. The van der Waals surface area contributed by atoms with Gasteiger partial charge in [0.2, 0.25) is 0 Å². The average molecular weight is 320 g/mol. The number of carbonyl (C=O) groups is 1. The molecule has 0 aromatic heterocycles. The summed E-state index contributed by atoms with van der Waals surface area (Å²) in [5, 5.41) is 0. The van der Waals surface area contributed by atoms with Crippen LogP contribution in [-0.2, 0) is 6.42 Å². The van der Waals surface area contributed by atoms with Gasteiger partial charge in [-0.1, -0.05) is 61.1 Å². The van der Waals surface area contributed by atoms with Gasteiger partial charge in [-0.25, -0.2) is 0 Å².